The predicted octanol–water partition coefficient (Wildman–Crippen LogP) is 4.27. The molecule has 0 amide bonds. The Labute approximate surface area is 128 Å². The molecule has 22 heavy (non-hydrogen) atoms. The largest absolute Gasteiger partial charge is 0.477 e. The highest BCUT2D eigenvalue weighted by atomic mass is 16.4. The van der Waals surface area contributed by atoms with Gasteiger partial charge in [-0.2, -0.15) is 0 Å². The van der Waals surface area contributed by atoms with Gasteiger partial charge in [0, 0.05) is 12.7 Å². The highest BCUT2D eigenvalue weighted by Crippen LogP contribution is 2.43. The minimum absolute atomic E-state index is 0.329. The van der Waals surface area contributed by atoms with E-state index >= 15 is 0 Å². The molecule has 4 rings (SSSR count). The summed E-state index contributed by atoms with van der Waals surface area (Å²) >= 11 is 0. The Kier molecular flexibility index (Phi) is 3.00. The minimum atomic E-state index is -0.885. The Bertz CT molecular complexity index is 859. The van der Waals surface area contributed by atoms with Gasteiger partial charge in [-0.25, -0.2) is 4.79 Å². The van der Waals surface area contributed by atoms with E-state index in [2.05, 4.69) is 36.4 Å². The Hall–Kier alpha value is -2.55. The number of rotatable bonds is 4. The fourth-order valence-corrected chi connectivity index (χ4v) is 3.20. The third-order valence-corrected chi connectivity index (χ3v) is 4.45. The first-order valence-electron chi connectivity index (χ1n) is 7.63. The van der Waals surface area contributed by atoms with E-state index in [0.29, 0.717) is 18.2 Å². The first-order valence-corrected chi connectivity index (χ1v) is 7.63. The number of aromatic nitrogens is 1. The van der Waals surface area contributed by atoms with E-state index in [1.165, 1.54) is 34.7 Å². The van der Waals surface area contributed by atoms with Crippen LogP contribution in [0.15, 0.2) is 54.7 Å². The molecule has 3 aromatic rings. The second-order valence-corrected chi connectivity index (χ2v) is 5.96. The molecule has 0 atom stereocenters. The van der Waals surface area contributed by atoms with Crippen LogP contribution in [-0.2, 0) is 6.54 Å². The molecule has 0 saturated heterocycles. The van der Waals surface area contributed by atoms with Crippen molar-refractivity contribution in [1.82, 2.24) is 4.57 Å². The zero-order valence-corrected chi connectivity index (χ0v) is 12.2. The van der Waals surface area contributed by atoms with Gasteiger partial charge in [-0.3, -0.25) is 0 Å². The lowest BCUT2D eigenvalue weighted by atomic mass is 9.97. The molecular formula is C19H17NO2. The summed E-state index contributed by atoms with van der Waals surface area (Å²) in [6.45, 7) is 0.583. The van der Waals surface area contributed by atoms with Gasteiger partial charge in [-0.15, -0.1) is 0 Å². The predicted molar refractivity (Wildman–Crippen MR) is 86.4 cm³/mol. The van der Waals surface area contributed by atoms with Gasteiger partial charge < -0.3 is 9.67 Å². The number of carboxylic acid groups (broad SMARTS) is 1. The maximum atomic E-state index is 11.3. The zero-order valence-electron chi connectivity index (χ0n) is 12.2. The van der Waals surface area contributed by atoms with Crippen LogP contribution in [0.1, 0.15) is 40.4 Å². The number of nitrogens with zero attached hydrogens (tertiary/aromatic N) is 1. The molecule has 0 aliphatic heterocycles. The van der Waals surface area contributed by atoms with Crippen LogP contribution >= 0.6 is 0 Å². The monoisotopic (exact) mass is 291 g/mol. The van der Waals surface area contributed by atoms with Crippen LogP contribution in [0.25, 0.3) is 10.8 Å². The fourth-order valence-electron chi connectivity index (χ4n) is 3.20. The molecule has 0 unspecified atom stereocenters. The third-order valence-electron chi connectivity index (χ3n) is 4.45. The summed E-state index contributed by atoms with van der Waals surface area (Å²) in [5.41, 5.74) is 2.93. The quantitative estimate of drug-likeness (QED) is 0.780. The van der Waals surface area contributed by atoms with Crippen molar-refractivity contribution in [3.63, 3.8) is 0 Å². The summed E-state index contributed by atoms with van der Waals surface area (Å²) in [5.74, 6) is -0.177. The van der Waals surface area contributed by atoms with E-state index in [1.807, 2.05) is 6.20 Å². The van der Waals surface area contributed by atoms with Crippen molar-refractivity contribution in [3.8, 4) is 0 Å². The molecule has 0 radical (unpaired) electrons. The fraction of sp³-hybridized carbons (Fsp3) is 0.211. The van der Waals surface area contributed by atoms with Crippen LogP contribution in [-0.4, -0.2) is 15.6 Å². The topological polar surface area (TPSA) is 42.2 Å². The third kappa shape index (κ3) is 2.19. The van der Waals surface area contributed by atoms with Gasteiger partial charge >= 0.3 is 5.97 Å². The van der Waals surface area contributed by atoms with E-state index in [4.69, 9.17) is 0 Å². The average Bonchev–Trinajstić information content (AvgIpc) is 3.26. The maximum Gasteiger partial charge on any atom is 0.352 e. The zero-order chi connectivity index (χ0) is 15.1. The second-order valence-electron chi connectivity index (χ2n) is 5.96. The van der Waals surface area contributed by atoms with Crippen molar-refractivity contribution in [2.45, 2.75) is 25.3 Å². The molecule has 1 N–H and O–H groups in total. The van der Waals surface area contributed by atoms with Crippen LogP contribution in [0, 0.1) is 0 Å². The molecular weight excluding hydrogens is 274 g/mol. The first-order chi connectivity index (χ1) is 10.7. The Balaban J connectivity index is 1.80. The number of carbonyl (C=O) groups is 1. The smallest absolute Gasteiger partial charge is 0.352 e. The lowest BCUT2D eigenvalue weighted by Crippen LogP contribution is -2.09. The molecule has 3 nitrogen and oxygen atoms in total. The Morgan fingerprint density at radius 2 is 1.82 bits per heavy atom. The van der Waals surface area contributed by atoms with Gasteiger partial charge in [0.05, 0.1) is 0 Å². The number of benzene rings is 2. The normalized spacial score (nSPS) is 14.4. The van der Waals surface area contributed by atoms with Crippen LogP contribution in [0.2, 0.25) is 0 Å². The highest BCUT2D eigenvalue weighted by Gasteiger charge is 2.25. The molecule has 0 bridgehead atoms. The number of carboxylic acids is 1. The van der Waals surface area contributed by atoms with Crippen LogP contribution < -0.4 is 0 Å². The van der Waals surface area contributed by atoms with Crippen molar-refractivity contribution in [3.05, 3.63) is 71.5 Å². The summed E-state index contributed by atoms with van der Waals surface area (Å²) in [4.78, 5) is 11.3. The minimum Gasteiger partial charge on any atom is -0.477 e. The van der Waals surface area contributed by atoms with Crippen molar-refractivity contribution < 1.29 is 9.90 Å². The molecule has 3 heteroatoms. The molecule has 2 aromatic carbocycles. The van der Waals surface area contributed by atoms with Crippen molar-refractivity contribution >= 4 is 16.7 Å². The van der Waals surface area contributed by atoms with Gasteiger partial charge in [0.2, 0.25) is 0 Å². The van der Waals surface area contributed by atoms with Crippen molar-refractivity contribution in [2.75, 3.05) is 0 Å². The SMILES string of the molecule is O=C(O)c1cccn1Cc1ccc(C2CC2)c2ccccc12. The van der Waals surface area contributed by atoms with Gasteiger partial charge in [0.15, 0.2) is 0 Å². The molecule has 1 fully saturated rings. The molecule has 1 saturated carbocycles. The van der Waals surface area contributed by atoms with Crippen LogP contribution in [0.4, 0.5) is 0 Å². The highest BCUT2D eigenvalue weighted by molar-refractivity contribution is 5.90. The Morgan fingerprint density at radius 1 is 1.05 bits per heavy atom. The van der Waals surface area contributed by atoms with Crippen molar-refractivity contribution in [2.24, 2.45) is 0 Å². The van der Waals surface area contributed by atoms with E-state index in [1.54, 1.807) is 16.7 Å². The van der Waals surface area contributed by atoms with Gasteiger partial charge in [-0.05, 0) is 52.8 Å². The average molecular weight is 291 g/mol. The lowest BCUT2D eigenvalue weighted by molar-refractivity contribution is 0.0685. The molecule has 1 heterocycles. The number of hydrogen-bond donors (Lipinski definition) is 1. The molecule has 1 aliphatic carbocycles. The Morgan fingerprint density at radius 3 is 2.55 bits per heavy atom. The molecule has 1 aliphatic rings. The first kappa shape index (κ1) is 13.1. The van der Waals surface area contributed by atoms with Gasteiger partial charge in [0.1, 0.15) is 5.69 Å². The van der Waals surface area contributed by atoms with Gasteiger partial charge in [-0.1, -0.05) is 36.4 Å². The van der Waals surface area contributed by atoms with E-state index in [0.717, 1.165) is 0 Å². The summed E-state index contributed by atoms with van der Waals surface area (Å²) in [6.07, 6.45) is 4.39. The van der Waals surface area contributed by atoms with Crippen molar-refractivity contribution in [1.29, 1.82) is 0 Å². The summed E-state index contributed by atoms with van der Waals surface area (Å²) in [5, 5.41) is 11.8. The second kappa shape index (κ2) is 5.02. The van der Waals surface area contributed by atoms with Gasteiger partial charge in [0.25, 0.3) is 0 Å². The lowest BCUT2D eigenvalue weighted by Gasteiger charge is -2.13. The number of aromatic carboxylic acids is 1. The van der Waals surface area contributed by atoms with Crippen LogP contribution in [0.3, 0.4) is 0 Å². The summed E-state index contributed by atoms with van der Waals surface area (Å²) in [6, 6.07) is 16.3. The van der Waals surface area contributed by atoms with E-state index in [-0.39, 0.29) is 0 Å². The standard InChI is InChI=1S/C19H17NO2/c21-19(22)18-6-3-11-20(18)12-14-9-10-16(13-7-8-13)17-5-2-1-4-15(14)17/h1-6,9-11,13H,7-8,12H2,(H,21,22). The number of hydrogen-bond acceptors (Lipinski definition) is 1. The summed E-state index contributed by atoms with van der Waals surface area (Å²) < 4.78 is 1.79. The summed E-state index contributed by atoms with van der Waals surface area (Å²) in [7, 11) is 0. The molecule has 110 valence electrons. The number of fused-ring (bicyclic) bond motifs is 1. The maximum absolute atomic E-state index is 11.3. The molecule has 1 aromatic heterocycles. The van der Waals surface area contributed by atoms with E-state index in [9.17, 15) is 9.90 Å². The van der Waals surface area contributed by atoms with E-state index < -0.39 is 5.97 Å². The molecule has 0 spiro atoms. The van der Waals surface area contributed by atoms with Crippen LogP contribution in [0.5, 0.6) is 0 Å².